The van der Waals surface area contributed by atoms with Crippen LogP contribution in [0.1, 0.15) is 59.9 Å². The molecule has 2 heterocycles. The summed E-state index contributed by atoms with van der Waals surface area (Å²) >= 11 is 0. The number of hydrogen-bond acceptors (Lipinski definition) is 5. The lowest BCUT2D eigenvalue weighted by atomic mass is 9.85. The van der Waals surface area contributed by atoms with E-state index in [1.807, 2.05) is 13.8 Å². The molecule has 21 heavy (non-hydrogen) atoms. The van der Waals surface area contributed by atoms with Gasteiger partial charge < -0.3 is 9.73 Å². The molecule has 7 heteroatoms. The number of hydrogen-bond donors (Lipinski definition) is 1. The molecule has 1 aliphatic carbocycles. The minimum Gasteiger partial charge on any atom is -0.448 e. The lowest BCUT2D eigenvalue weighted by Gasteiger charge is -2.21. The fourth-order valence-electron chi connectivity index (χ4n) is 2.38. The molecule has 1 aliphatic rings. The van der Waals surface area contributed by atoms with Gasteiger partial charge >= 0.3 is 0 Å². The number of amides is 1. The highest BCUT2D eigenvalue weighted by molar-refractivity contribution is 5.91. The summed E-state index contributed by atoms with van der Waals surface area (Å²) in [5.41, 5.74) is 2.08. The van der Waals surface area contributed by atoms with Gasteiger partial charge in [0.2, 0.25) is 0 Å². The lowest BCUT2D eigenvalue weighted by molar-refractivity contribution is 0.0944. The zero-order valence-electron chi connectivity index (χ0n) is 12.3. The molecule has 1 fully saturated rings. The first-order valence-corrected chi connectivity index (χ1v) is 7.31. The number of nitrogens with zero attached hydrogens (tertiary/aromatic N) is 4. The van der Waals surface area contributed by atoms with Gasteiger partial charge in [-0.3, -0.25) is 4.79 Å². The topological polar surface area (TPSA) is 85.8 Å². The lowest BCUT2D eigenvalue weighted by Crippen LogP contribution is -2.25. The Bertz CT molecular complexity index is 642. The maximum Gasteiger partial charge on any atom is 0.273 e. The predicted molar refractivity (Wildman–Crippen MR) is 74.7 cm³/mol. The molecule has 0 aliphatic heterocycles. The Labute approximate surface area is 122 Å². The van der Waals surface area contributed by atoms with Crippen molar-refractivity contribution in [3.05, 3.63) is 29.2 Å². The van der Waals surface area contributed by atoms with Crippen LogP contribution in [0.15, 0.2) is 10.7 Å². The van der Waals surface area contributed by atoms with Gasteiger partial charge in [-0.1, -0.05) is 11.6 Å². The van der Waals surface area contributed by atoms with Crippen LogP contribution in [0.4, 0.5) is 0 Å². The molecule has 0 unspecified atom stereocenters. The second-order valence-electron chi connectivity index (χ2n) is 5.32. The van der Waals surface area contributed by atoms with Crippen molar-refractivity contribution in [2.24, 2.45) is 0 Å². The third-order valence-electron chi connectivity index (χ3n) is 3.96. The molecule has 0 atom stereocenters. The number of oxazole rings is 1. The zero-order chi connectivity index (χ0) is 14.8. The normalized spacial score (nSPS) is 15.0. The molecule has 2 aromatic heterocycles. The van der Waals surface area contributed by atoms with E-state index in [-0.39, 0.29) is 5.91 Å². The summed E-state index contributed by atoms with van der Waals surface area (Å²) in [5, 5.41) is 10.9. The molecule has 0 radical (unpaired) electrons. The summed E-state index contributed by atoms with van der Waals surface area (Å²) in [7, 11) is 0. The second kappa shape index (κ2) is 5.67. The maximum absolute atomic E-state index is 12.1. The van der Waals surface area contributed by atoms with Crippen LogP contribution in [-0.2, 0) is 13.1 Å². The van der Waals surface area contributed by atoms with Crippen molar-refractivity contribution in [1.29, 1.82) is 0 Å². The molecule has 0 bridgehead atoms. The van der Waals surface area contributed by atoms with Crippen LogP contribution < -0.4 is 5.32 Å². The van der Waals surface area contributed by atoms with Gasteiger partial charge in [0, 0.05) is 12.5 Å². The standard InChI is InChI=1S/C14H19N5O2/c1-3-19-12(9(2)17-18-19)7-15-13(20)11-8-21-14(16-11)10-5-4-6-10/h8,10H,3-7H2,1-2H3,(H,15,20). The molecular formula is C14H19N5O2. The minimum absolute atomic E-state index is 0.229. The molecule has 1 N–H and O–H groups in total. The van der Waals surface area contributed by atoms with Crippen LogP contribution in [0.2, 0.25) is 0 Å². The van der Waals surface area contributed by atoms with Crippen LogP contribution in [0, 0.1) is 6.92 Å². The molecule has 0 saturated heterocycles. The van der Waals surface area contributed by atoms with Gasteiger partial charge in [0.05, 0.1) is 17.9 Å². The van der Waals surface area contributed by atoms with Gasteiger partial charge in [0.25, 0.3) is 5.91 Å². The Hall–Kier alpha value is -2.18. The third kappa shape index (κ3) is 2.68. The predicted octanol–water partition coefficient (Wildman–Crippen LogP) is 1.79. The van der Waals surface area contributed by atoms with Crippen LogP contribution in [0.5, 0.6) is 0 Å². The number of rotatable bonds is 5. The average Bonchev–Trinajstić information content (AvgIpc) is 3.01. The quantitative estimate of drug-likeness (QED) is 0.907. The maximum atomic E-state index is 12.1. The van der Waals surface area contributed by atoms with Crippen LogP contribution >= 0.6 is 0 Å². The number of nitrogens with one attached hydrogen (secondary N) is 1. The third-order valence-corrected chi connectivity index (χ3v) is 3.96. The Kier molecular flexibility index (Phi) is 3.72. The Morgan fingerprint density at radius 3 is 3.00 bits per heavy atom. The van der Waals surface area contributed by atoms with Gasteiger partial charge in [-0.25, -0.2) is 9.67 Å². The van der Waals surface area contributed by atoms with E-state index in [9.17, 15) is 4.79 Å². The van der Waals surface area contributed by atoms with E-state index >= 15 is 0 Å². The highest BCUT2D eigenvalue weighted by atomic mass is 16.3. The van der Waals surface area contributed by atoms with Crippen molar-refractivity contribution >= 4 is 5.91 Å². The molecule has 0 spiro atoms. The SMILES string of the molecule is CCn1nnc(C)c1CNC(=O)c1coc(C2CCC2)n1. The first kappa shape index (κ1) is 13.8. The number of aromatic nitrogens is 4. The summed E-state index contributed by atoms with van der Waals surface area (Å²) in [6.07, 6.45) is 4.84. The molecule has 0 aromatic carbocycles. The van der Waals surface area contributed by atoms with Gasteiger partial charge in [-0.2, -0.15) is 0 Å². The van der Waals surface area contributed by atoms with Crippen molar-refractivity contribution in [2.45, 2.75) is 52.1 Å². The summed E-state index contributed by atoms with van der Waals surface area (Å²) in [6.45, 7) is 4.98. The minimum atomic E-state index is -0.229. The Balaban J connectivity index is 1.63. The average molecular weight is 289 g/mol. The highest BCUT2D eigenvalue weighted by Gasteiger charge is 2.25. The van der Waals surface area contributed by atoms with E-state index in [1.165, 1.54) is 12.7 Å². The Morgan fingerprint density at radius 1 is 1.52 bits per heavy atom. The van der Waals surface area contributed by atoms with E-state index < -0.39 is 0 Å². The monoisotopic (exact) mass is 289 g/mol. The first-order chi connectivity index (χ1) is 10.2. The van der Waals surface area contributed by atoms with Gasteiger partial charge in [-0.15, -0.1) is 5.10 Å². The first-order valence-electron chi connectivity index (χ1n) is 7.31. The Morgan fingerprint density at radius 2 is 2.33 bits per heavy atom. The van der Waals surface area contributed by atoms with Crippen molar-refractivity contribution in [3.8, 4) is 0 Å². The number of carbonyl (C=O) groups is 1. The van der Waals surface area contributed by atoms with Crippen molar-refractivity contribution in [1.82, 2.24) is 25.3 Å². The van der Waals surface area contributed by atoms with E-state index in [4.69, 9.17) is 4.42 Å². The van der Waals surface area contributed by atoms with Crippen LogP contribution in [-0.4, -0.2) is 25.9 Å². The molecule has 1 amide bonds. The summed E-state index contributed by atoms with van der Waals surface area (Å²) < 4.78 is 7.17. The van der Waals surface area contributed by atoms with Crippen LogP contribution in [0.25, 0.3) is 0 Å². The fraction of sp³-hybridized carbons (Fsp3) is 0.571. The second-order valence-corrected chi connectivity index (χ2v) is 5.32. The highest BCUT2D eigenvalue weighted by Crippen LogP contribution is 2.35. The fourth-order valence-corrected chi connectivity index (χ4v) is 2.38. The molecule has 7 nitrogen and oxygen atoms in total. The van der Waals surface area contributed by atoms with E-state index in [1.54, 1.807) is 4.68 Å². The smallest absolute Gasteiger partial charge is 0.273 e. The largest absolute Gasteiger partial charge is 0.448 e. The van der Waals surface area contributed by atoms with Crippen LogP contribution in [0.3, 0.4) is 0 Å². The zero-order valence-corrected chi connectivity index (χ0v) is 12.3. The molecule has 1 saturated carbocycles. The van der Waals surface area contributed by atoms with Gasteiger partial charge in [-0.05, 0) is 26.7 Å². The van der Waals surface area contributed by atoms with Gasteiger partial charge in [0.15, 0.2) is 11.6 Å². The van der Waals surface area contributed by atoms with Crippen molar-refractivity contribution in [3.63, 3.8) is 0 Å². The van der Waals surface area contributed by atoms with E-state index in [0.29, 0.717) is 24.0 Å². The summed E-state index contributed by atoms with van der Waals surface area (Å²) in [5.74, 6) is 0.843. The molecular weight excluding hydrogens is 270 g/mol. The molecule has 112 valence electrons. The number of carbonyl (C=O) groups excluding carboxylic acids is 1. The summed E-state index contributed by atoms with van der Waals surface area (Å²) in [6, 6.07) is 0. The molecule has 3 rings (SSSR count). The summed E-state index contributed by atoms with van der Waals surface area (Å²) in [4.78, 5) is 16.4. The molecule has 2 aromatic rings. The van der Waals surface area contributed by atoms with Gasteiger partial charge in [0.1, 0.15) is 6.26 Å². The van der Waals surface area contributed by atoms with E-state index in [0.717, 1.165) is 30.8 Å². The number of aryl methyl sites for hydroxylation is 2. The van der Waals surface area contributed by atoms with Crippen molar-refractivity contribution < 1.29 is 9.21 Å². The van der Waals surface area contributed by atoms with E-state index in [2.05, 4.69) is 20.6 Å². The van der Waals surface area contributed by atoms with Crippen molar-refractivity contribution in [2.75, 3.05) is 0 Å².